The Labute approximate surface area is 187 Å². The van der Waals surface area contributed by atoms with E-state index in [4.69, 9.17) is 0 Å². The maximum absolute atomic E-state index is 12.4. The van der Waals surface area contributed by atoms with Gasteiger partial charge in [-0.2, -0.15) is 0 Å². The first-order valence-corrected chi connectivity index (χ1v) is 11.2. The summed E-state index contributed by atoms with van der Waals surface area (Å²) in [5.41, 5.74) is 5.81. The Kier molecular flexibility index (Phi) is 14.9. The monoisotopic (exact) mass is 430 g/mol. The van der Waals surface area contributed by atoms with Gasteiger partial charge >= 0.3 is 0 Å². The minimum absolute atomic E-state index is 0.460. The van der Waals surface area contributed by atoms with Crippen molar-refractivity contribution in [3.8, 4) is 11.1 Å². The molecule has 0 fully saturated rings. The third-order valence-electron chi connectivity index (χ3n) is 4.33. The molecule has 0 aliphatic carbocycles. The van der Waals surface area contributed by atoms with Gasteiger partial charge in [0.15, 0.2) is 17.5 Å². The van der Waals surface area contributed by atoms with Crippen molar-refractivity contribution in [2.45, 2.75) is 67.7 Å². The van der Waals surface area contributed by atoms with E-state index in [1.807, 2.05) is 27.7 Å². The molecule has 0 spiro atoms. The Morgan fingerprint density at radius 1 is 0.613 bits per heavy atom. The van der Waals surface area contributed by atoms with Crippen LogP contribution in [0, 0.1) is 24.4 Å². The van der Waals surface area contributed by atoms with Crippen LogP contribution in [0.2, 0.25) is 0 Å². The molecule has 0 bridgehead atoms. The molecule has 0 unspecified atom stereocenters. The van der Waals surface area contributed by atoms with Gasteiger partial charge in [-0.05, 0) is 54.2 Å². The fraction of sp³-hybridized carbons (Fsp3) is 0.357. The average molecular weight is 431 g/mol. The van der Waals surface area contributed by atoms with Gasteiger partial charge in [-0.15, -0.1) is 0 Å². The van der Waals surface area contributed by atoms with Crippen molar-refractivity contribution in [2.24, 2.45) is 0 Å². The predicted molar refractivity (Wildman–Crippen MR) is 129 cm³/mol. The largest absolute Gasteiger partial charge is 0.204 e. The average Bonchev–Trinajstić information content (AvgIpc) is 2.81. The summed E-state index contributed by atoms with van der Waals surface area (Å²) in [6.07, 6.45) is 2.88. The van der Waals surface area contributed by atoms with Crippen LogP contribution in [-0.2, 0) is 12.8 Å². The summed E-state index contributed by atoms with van der Waals surface area (Å²) in [5, 5.41) is 0. The molecule has 0 saturated carbocycles. The zero-order valence-corrected chi connectivity index (χ0v) is 20.0. The highest BCUT2D eigenvalue weighted by molar-refractivity contribution is 5.63. The Morgan fingerprint density at radius 2 is 1.03 bits per heavy atom. The Bertz CT molecular complexity index is 827. The first kappa shape index (κ1) is 28.5. The molecule has 0 aromatic heterocycles. The fourth-order valence-electron chi connectivity index (χ4n) is 2.71. The summed E-state index contributed by atoms with van der Waals surface area (Å²) < 4.78 is 37.1. The smallest absolute Gasteiger partial charge is 0.194 e. The molecule has 0 heterocycles. The summed E-state index contributed by atoms with van der Waals surface area (Å²) in [6, 6.07) is 19.6. The Balaban J connectivity index is 0.000000526. The highest BCUT2D eigenvalue weighted by Crippen LogP contribution is 2.20. The molecular weight excluding hydrogens is 393 g/mol. The third-order valence-corrected chi connectivity index (χ3v) is 4.33. The van der Waals surface area contributed by atoms with Gasteiger partial charge in [0.25, 0.3) is 0 Å². The van der Waals surface area contributed by atoms with Gasteiger partial charge in [0, 0.05) is 0 Å². The van der Waals surface area contributed by atoms with Gasteiger partial charge in [0.05, 0.1) is 0 Å². The van der Waals surface area contributed by atoms with E-state index < -0.39 is 17.5 Å². The van der Waals surface area contributed by atoms with Crippen molar-refractivity contribution in [1.82, 2.24) is 0 Å². The molecule has 0 aliphatic heterocycles. The lowest BCUT2D eigenvalue weighted by molar-refractivity contribution is 0.445. The summed E-state index contributed by atoms with van der Waals surface area (Å²) in [7, 11) is 0. The van der Waals surface area contributed by atoms with Gasteiger partial charge in [0.1, 0.15) is 0 Å². The van der Waals surface area contributed by atoms with E-state index in [1.165, 1.54) is 35.1 Å². The molecule has 3 rings (SSSR count). The number of benzene rings is 3. The minimum atomic E-state index is -1.40. The van der Waals surface area contributed by atoms with Crippen molar-refractivity contribution < 1.29 is 13.2 Å². The lowest BCUT2D eigenvalue weighted by Crippen LogP contribution is -1.92. The summed E-state index contributed by atoms with van der Waals surface area (Å²) >= 11 is 0. The van der Waals surface area contributed by atoms with Gasteiger partial charge in [-0.1, -0.05) is 102 Å². The number of rotatable bonds is 4. The van der Waals surface area contributed by atoms with Crippen LogP contribution < -0.4 is 0 Å². The highest BCUT2D eigenvalue weighted by Gasteiger charge is 2.08. The molecule has 0 aliphatic rings. The van der Waals surface area contributed by atoms with Gasteiger partial charge in [-0.25, -0.2) is 13.2 Å². The molecule has 3 aromatic rings. The second kappa shape index (κ2) is 16.2. The lowest BCUT2D eigenvalue weighted by atomic mass is 10.0. The van der Waals surface area contributed by atoms with Gasteiger partial charge in [0.2, 0.25) is 0 Å². The van der Waals surface area contributed by atoms with Crippen molar-refractivity contribution >= 4 is 0 Å². The molecule has 0 atom stereocenters. The van der Waals surface area contributed by atoms with Crippen LogP contribution in [0.3, 0.4) is 0 Å². The quantitative estimate of drug-likeness (QED) is 0.362. The fourth-order valence-corrected chi connectivity index (χ4v) is 2.71. The zero-order chi connectivity index (χ0) is 23.8. The van der Waals surface area contributed by atoms with E-state index in [9.17, 15) is 13.2 Å². The molecule has 0 nitrogen and oxygen atoms in total. The van der Waals surface area contributed by atoms with Crippen LogP contribution in [0.15, 0.2) is 60.7 Å². The van der Waals surface area contributed by atoms with Crippen LogP contribution in [0.5, 0.6) is 0 Å². The molecule has 3 heteroatoms. The predicted octanol–water partition coefficient (Wildman–Crippen LogP) is 9.33. The molecule has 3 aromatic carbocycles. The Morgan fingerprint density at radius 3 is 1.42 bits per heavy atom. The maximum Gasteiger partial charge on any atom is 0.194 e. The van der Waals surface area contributed by atoms with E-state index in [0.29, 0.717) is 12.0 Å². The normalized spacial score (nSPS) is 9.35. The number of hydrogen-bond acceptors (Lipinski definition) is 0. The molecule has 170 valence electrons. The molecule has 0 saturated heterocycles. The van der Waals surface area contributed by atoms with Crippen LogP contribution >= 0.6 is 0 Å². The molecule has 0 N–H and O–H groups in total. The van der Waals surface area contributed by atoms with Crippen molar-refractivity contribution in [2.75, 3.05) is 0 Å². The maximum atomic E-state index is 12.4. The zero-order valence-electron chi connectivity index (χ0n) is 20.0. The summed E-state index contributed by atoms with van der Waals surface area (Å²) in [6.45, 7) is 14.1. The second-order valence-corrected chi connectivity index (χ2v) is 6.54. The van der Waals surface area contributed by atoms with E-state index in [-0.39, 0.29) is 0 Å². The Hall–Kier alpha value is -2.55. The summed E-state index contributed by atoms with van der Waals surface area (Å²) in [5.74, 6) is -3.65. The van der Waals surface area contributed by atoms with Crippen molar-refractivity contribution in [3.05, 3.63) is 94.8 Å². The number of hydrogen-bond donors (Lipinski definition) is 0. The number of halogens is 3. The van der Waals surface area contributed by atoms with Crippen LogP contribution in [0.4, 0.5) is 13.2 Å². The molecule has 0 radical (unpaired) electrons. The van der Waals surface area contributed by atoms with E-state index in [1.54, 1.807) is 6.92 Å². The second-order valence-electron chi connectivity index (χ2n) is 6.54. The van der Waals surface area contributed by atoms with Gasteiger partial charge in [-0.3, -0.25) is 0 Å². The van der Waals surface area contributed by atoms with Crippen LogP contribution in [0.1, 0.15) is 64.7 Å². The lowest BCUT2D eigenvalue weighted by Gasteiger charge is -2.04. The first-order chi connectivity index (χ1) is 14.9. The molecule has 31 heavy (non-hydrogen) atoms. The highest BCUT2D eigenvalue weighted by atomic mass is 19.2. The number of aryl methyl sites for hydroxylation is 3. The molecule has 0 amide bonds. The van der Waals surface area contributed by atoms with Gasteiger partial charge < -0.3 is 0 Å². The SMILES string of the molecule is CC.CC.CCCc1ccc(-c2ccc(C)cc2)cc1.CCc1cc(F)c(F)c(F)c1. The summed E-state index contributed by atoms with van der Waals surface area (Å²) in [4.78, 5) is 0. The van der Waals surface area contributed by atoms with E-state index >= 15 is 0 Å². The molecular formula is C28H37F3. The van der Waals surface area contributed by atoms with E-state index in [2.05, 4.69) is 62.4 Å². The standard InChI is InChI=1S/C16H18.C8H7F3.2C2H6/c1-3-4-14-7-11-16(12-8-14)15-9-5-13(2)6-10-15;1-2-5-3-6(9)8(11)7(10)4-5;2*1-2/h5-12H,3-4H2,1-2H3;3-4H,2H2,1H3;2*1-2H3. The minimum Gasteiger partial charge on any atom is -0.204 e. The van der Waals surface area contributed by atoms with Crippen LogP contribution in [0.25, 0.3) is 11.1 Å². The van der Waals surface area contributed by atoms with Crippen molar-refractivity contribution in [3.63, 3.8) is 0 Å². The van der Waals surface area contributed by atoms with E-state index in [0.717, 1.165) is 12.1 Å². The topological polar surface area (TPSA) is 0 Å². The third kappa shape index (κ3) is 9.87. The van der Waals surface area contributed by atoms with Crippen LogP contribution in [-0.4, -0.2) is 0 Å². The van der Waals surface area contributed by atoms with Crippen molar-refractivity contribution in [1.29, 1.82) is 0 Å². The first-order valence-electron chi connectivity index (χ1n) is 11.2.